The molecule has 2 aliphatic rings. The van der Waals surface area contributed by atoms with E-state index < -0.39 is 0 Å². The molecule has 0 amide bonds. The molecule has 0 aromatic rings. The van der Waals surface area contributed by atoms with Gasteiger partial charge in [-0.05, 0) is 6.42 Å². The van der Waals surface area contributed by atoms with Crippen LogP contribution >= 0.6 is 11.6 Å². The standard InChI is InChI=1S/C8H13ClO2/c9-1-2-10-8-4-7-3-6(8)5-11-7/h6-8H,1-5H2. The third kappa shape index (κ3) is 1.53. The molecule has 11 heavy (non-hydrogen) atoms. The average Bonchev–Trinajstić information content (AvgIpc) is 2.60. The molecule has 0 spiro atoms. The molecular weight excluding hydrogens is 164 g/mol. The lowest BCUT2D eigenvalue weighted by Crippen LogP contribution is -2.26. The van der Waals surface area contributed by atoms with Crippen LogP contribution in [0.25, 0.3) is 0 Å². The van der Waals surface area contributed by atoms with Crippen molar-refractivity contribution in [2.75, 3.05) is 19.1 Å². The third-order valence-corrected chi connectivity index (χ3v) is 2.70. The van der Waals surface area contributed by atoms with E-state index >= 15 is 0 Å². The Bertz CT molecular complexity index is 140. The largest absolute Gasteiger partial charge is 0.378 e. The Hall–Kier alpha value is 0.210. The van der Waals surface area contributed by atoms with Crippen LogP contribution in [0.2, 0.25) is 0 Å². The first-order valence-corrected chi connectivity index (χ1v) is 4.73. The van der Waals surface area contributed by atoms with Crippen LogP contribution < -0.4 is 0 Å². The summed E-state index contributed by atoms with van der Waals surface area (Å²) in [6.45, 7) is 1.59. The second-order valence-electron chi connectivity index (χ2n) is 3.29. The summed E-state index contributed by atoms with van der Waals surface area (Å²) in [5.74, 6) is 1.26. The van der Waals surface area contributed by atoms with E-state index in [0.717, 1.165) is 13.0 Å². The lowest BCUT2D eigenvalue weighted by Gasteiger charge is -2.21. The van der Waals surface area contributed by atoms with Gasteiger partial charge in [0.2, 0.25) is 0 Å². The summed E-state index contributed by atoms with van der Waals surface area (Å²) in [5.41, 5.74) is 0. The van der Waals surface area contributed by atoms with Gasteiger partial charge in [0.1, 0.15) is 0 Å². The molecule has 1 saturated heterocycles. The van der Waals surface area contributed by atoms with Gasteiger partial charge in [-0.1, -0.05) is 0 Å². The van der Waals surface area contributed by atoms with Crippen LogP contribution in [0.4, 0.5) is 0 Å². The summed E-state index contributed by atoms with van der Waals surface area (Å²) < 4.78 is 11.0. The van der Waals surface area contributed by atoms with Gasteiger partial charge in [0.15, 0.2) is 0 Å². The summed E-state index contributed by atoms with van der Waals surface area (Å²) in [6, 6.07) is 0. The number of fused-ring (bicyclic) bond motifs is 2. The van der Waals surface area contributed by atoms with Crippen LogP contribution in [-0.4, -0.2) is 31.3 Å². The molecule has 0 aromatic heterocycles. The fourth-order valence-corrected chi connectivity index (χ4v) is 2.10. The maximum absolute atomic E-state index is 5.57. The second kappa shape index (κ2) is 3.30. The zero-order valence-corrected chi connectivity index (χ0v) is 7.22. The van der Waals surface area contributed by atoms with Crippen LogP contribution in [0.3, 0.4) is 0 Å². The number of hydrogen-bond acceptors (Lipinski definition) is 2. The first-order valence-electron chi connectivity index (χ1n) is 4.19. The van der Waals surface area contributed by atoms with E-state index in [1.807, 2.05) is 0 Å². The van der Waals surface area contributed by atoms with E-state index in [-0.39, 0.29) is 0 Å². The highest BCUT2D eigenvalue weighted by Gasteiger charge is 2.41. The molecule has 3 unspecified atom stereocenters. The van der Waals surface area contributed by atoms with Crippen molar-refractivity contribution in [2.45, 2.75) is 25.0 Å². The van der Waals surface area contributed by atoms with E-state index in [4.69, 9.17) is 21.1 Å². The predicted octanol–water partition coefficient (Wildman–Crippen LogP) is 1.42. The predicted molar refractivity (Wildman–Crippen MR) is 42.9 cm³/mol. The molecule has 1 aliphatic heterocycles. The highest BCUT2D eigenvalue weighted by Crippen LogP contribution is 2.37. The van der Waals surface area contributed by atoms with Crippen LogP contribution in [-0.2, 0) is 9.47 Å². The van der Waals surface area contributed by atoms with Gasteiger partial charge in [0, 0.05) is 18.2 Å². The monoisotopic (exact) mass is 176 g/mol. The number of ether oxygens (including phenoxy) is 2. The van der Waals surface area contributed by atoms with E-state index in [2.05, 4.69) is 0 Å². The Labute approximate surface area is 71.8 Å². The van der Waals surface area contributed by atoms with Crippen LogP contribution in [0.1, 0.15) is 12.8 Å². The molecule has 3 heteroatoms. The first-order chi connectivity index (χ1) is 5.40. The maximum atomic E-state index is 5.57. The van der Waals surface area contributed by atoms with E-state index in [1.54, 1.807) is 0 Å². The summed E-state index contributed by atoms with van der Waals surface area (Å²) in [4.78, 5) is 0. The molecule has 64 valence electrons. The molecule has 2 nitrogen and oxygen atoms in total. The summed E-state index contributed by atoms with van der Waals surface area (Å²) in [7, 11) is 0. The molecule has 1 aliphatic carbocycles. The third-order valence-electron chi connectivity index (χ3n) is 2.54. The Morgan fingerprint density at radius 1 is 1.45 bits per heavy atom. The molecule has 3 atom stereocenters. The zero-order chi connectivity index (χ0) is 7.68. The van der Waals surface area contributed by atoms with E-state index in [1.165, 1.54) is 6.42 Å². The fourth-order valence-electron chi connectivity index (χ4n) is 2.01. The topological polar surface area (TPSA) is 18.5 Å². The highest BCUT2D eigenvalue weighted by atomic mass is 35.5. The quantitative estimate of drug-likeness (QED) is 0.606. The molecule has 2 rings (SSSR count). The first kappa shape index (κ1) is 7.84. The SMILES string of the molecule is ClCCOC1CC2CC1CO2. The Morgan fingerprint density at radius 2 is 2.36 bits per heavy atom. The van der Waals surface area contributed by atoms with E-state index in [0.29, 0.717) is 30.6 Å². The van der Waals surface area contributed by atoms with Gasteiger partial charge in [-0.15, -0.1) is 11.6 Å². The number of hydrogen-bond donors (Lipinski definition) is 0. The second-order valence-corrected chi connectivity index (χ2v) is 3.66. The minimum atomic E-state index is 0.437. The van der Waals surface area contributed by atoms with Crippen molar-refractivity contribution in [1.29, 1.82) is 0 Å². The van der Waals surface area contributed by atoms with Gasteiger partial charge in [0.05, 0.1) is 25.4 Å². The Balaban J connectivity index is 1.78. The average molecular weight is 177 g/mol. The number of rotatable bonds is 3. The molecule has 0 N–H and O–H groups in total. The molecule has 1 saturated carbocycles. The van der Waals surface area contributed by atoms with Crippen LogP contribution in [0, 0.1) is 5.92 Å². The van der Waals surface area contributed by atoms with Gasteiger partial charge in [-0.3, -0.25) is 0 Å². The number of halogens is 1. The van der Waals surface area contributed by atoms with Gasteiger partial charge < -0.3 is 9.47 Å². The Morgan fingerprint density at radius 3 is 2.91 bits per heavy atom. The van der Waals surface area contributed by atoms with Crippen molar-refractivity contribution < 1.29 is 9.47 Å². The maximum Gasteiger partial charge on any atom is 0.0651 e. The molecule has 1 heterocycles. The van der Waals surface area contributed by atoms with Crippen molar-refractivity contribution in [3.63, 3.8) is 0 Å². The highest BCUT2D eigenvalue weighted by molar-refractivity contribution is 6.17. The van der Waals surface area contributed by atoms with E-state index in [9.17, 15) is 0 Å². The van der Waals surface area contributed by atoms with Gasteiger partial charge in [-0.2, -0.15) is 0 Å². The van der Waals surface area contributed by atoms with Gasteiger partial charge in [-0.25, -0.2) is 0 Å². The van der Waals surface area contributed by atoms with Crippen molar-refractivity contribution in [1.82, 2.24) is 0 Å². The Kier molecular flexibility index (Phi) is 2.35. The smallest absolute Gasteiger partial charge is 0.0651 e. The van der Waals surface area contributed by atoms with Crippen molar-refractivity contribution >= 4 is 11.6 Å². The zero-order valence-electron chi connectivity index (χ0n) is 6.46. The van der Waals surface area contributed by atoms with Crippen LogP contribution in [0.15, 0.2) is 0 Å². The summed E-state index contributed by atoms with van der Waals surface area (Å²) >= 11 is 5.53. The summed E-state index contributed by atoms with van der Waals surface area (Å²) in [5, 5.41) is 0. The molecule has 0 aromatic carbocycles. The summed E-state index contributed by atoms with van der Waals surface area (Å²) in [6.07, 6.45) is 3.21. The van der Waals surface area contributed by atoms with Gasteiger partial charge in [0.25, 0.3) is 0 Å². The normalized spacial score (nSPS) is 41.7. The molecule has 0 radical (unpaired) electrons. The molecular formula is C8H13ClO2. The van der Waals surface area contributed by atoms with Gasteiger partial charge >= 0.3 is 0 Å². The number of alkyl halides is 1. The lowest BCUT2D eigenvalue weighted by atomic mass is 10.1. The fraction of sp³-hybridized carbons (Fsp3) is 1.00. The lowest BCUT2D eigenvalue weighted by molar-refractivity contribution is -0.0328. The minimum Gasteiger partial charge on any atom is -0.378 e. The van der Waals surface area contributed by atoms with Crippen LogP contribution in [0.5, 0.6) is 0 Å². The molecule has 2 bridgehead atoms. The minimum absolute atomic E-state index is 0.437. The van der Waals surface area contributed by atoms with Crippen molar-refractivity contribution in [2.24, 2.45) is 5.92 Å². The molecule has 2 fully saturated rings. The van der Waals surface area contributed by atoms with Crippen molar-refractivity contribution in [3.05, 3.63) is 0 Å². The van der Waals surface area contributed by atoms with Crippen molar-refractivity contribution in [3.8, 4) is 0 Å².